The molecular weight excluding hydrogens is 254 g/mol. The maximum absolute atomic E-state index is 11.6. The first-order chi connectivity index (χ1) is 7.83. The van der Waals surface area contributed by atoms with Crippen LogP contribution in [0.25, 0.3) is 0 Å². The minimum Gasteiger partial charge on any atom is -0.311 e. The zero-order chi connectivity index (χ0) is 13.1. The molecule has 0 bridgehead atoms. The molecule has 1 rings (SSSR count). The standard InChI is InChI=1S/C12H21NO2S2/c1-9(2)17(14,15)6-5-13-8-12-7-10(3)11(4)16-12/h7,9,13H,5-6,8H2,1-4H3. The molecule has 0 radical (unpaired) electrons. The molecule has 0 saturated carbocycles. The van der Waals surface area contributed by atoms with Crippen LogP contribution in [0, 0.1) is 13.8 Å². The molecule has 1 heterocycles. The number of rotatable bonds is 6. The first-order valence-corrected chi connectivity index (χ1v) is 8.34. The van der Waals surface area contributed by atoms with Crippen molar-refractivity contribution in [1.29, 1.82) is 0 Å². The van der Waals surface area contributed by atoms with Gasteiger partial charge in [0.25, 0.3) is 0 Å². The summed E-state index contributed by atoms with van der Waals surface area (Å²) in [6.45, 7) is 8.93. The molecule has 1 N–H and O–H groups in total. The van der Waals surface area contributed by atoms with Gasteiger partial charge in [-0.05, 0) is 39.3 Å². The lowest BCUT2D eigenvalue weighted by Crippen LogP contribution is -2.26. The van der Waals surface area contributed by atoms with Crippen LogP contribution in [-0.2, 0) is 16.4 Å². The lowest BCUT2D eigenvalue weighted by atomic mass is 10.3. The fourth-order valence-electron chi connectivity index (χ4n) is 1.40. The first-order valence-electron chi connectivity index (χ1n) is 5.81. The molecule has 5 heteroatoms. The summed E-state index contributed by atoms with van der Waals surface area (Å²) in [6.07, 6.45) is 0. The Morgan fingerprint density at radius 1 is 1.35 bits per heavy atom. The van der Waals surface area contributed by atoms with Gasteiger partial charge in [-0.1, -0.05) is 0 Å². The molecule has 3 nitrogen and oxygen atoms in total. The Bertz CT molecular complexity index is 441. The van der Waals surface area contributed by atoms with E-state index in [0.29, 0.717) is 6.54 Å². The van der Waals surface area contributed by atoms with Gasteiger partial charge in [0.2, 0.25) is 0 Å². The Hall–Kier alpha value is -0.390. The van der Waals surface area contributed by atoms with Crippen molar-refractivity contribution in [2.75, 3.05) is 12.3 Å². The predicted molar refractivity (Wildman–Crippen MR) is 74.4 cm³/mol. The summed E-state index contributed by atoms with van der Waals surface area (Å²) < 4.78 is 23.1. The van der Waals surface area contributed by atoms with Crippen LogP contribution in [0.1, 0.15) is 29.2 Å². The predicted octanol–water partition coefficient (Wildman–Crippen LogP) is 2.28. The first kappa shape index (κ1) is 14.7. The Morgan fingerprint density at radius 2 is 2.00 bits per heavy atom. The third-order valence-electron chi connectivity index (χ3n) is 2.80. The summed E-state index contributed by atoms with van der Waals surface area (Å²) >= 11 is 1.77. The van der Waals surface area contributed by atoms with Gasteiger partial charge in [-0.2, -0.15) is 0 Å². The summed E-state index contributed by atoms with van der Waals surface area (Å²) in [6, 6.07) is 2.16. The van der Waals surface area contributed by atoms with E-state index in [-0.39, 0.29) is 11.0 Å². The highest BCUT2D eigenvalue weighted by atomic mass is 32.2. The van der Waals surface area contributed by atoms with Gasteiger partial charge >= 0.3 is 0 Å². The lowest BCUT2D eigenvalue weighted by molar-refractivity contribution is 0.582. The number of sulfone groups is 1. The van der Waals surface area contributed by atoms with Crippen LogP contribution < -0.4 is 5.32 Å². The Kier molecular flexibility index (Phi) is 5.16. The molecule has 0 spiro atoms. The minimum atomic E-state index is -2.91. The number of thiophene rings is 1. The summed E-state index contributed by atoms with van der Waals surface area (Å²) in [4.78, 5) is 2.60. The molecule has 0 aromatic carbocycles. The van der Waals surface area contributed by atoms with Gasteiger partial charge in [0.1, 0.15) is 0 Å². The maximum atomic E-state index is 11.6. The molecular formula is C12H21NO2S2. The van der Waals surface area contributed by atoms with Gasteiger partial charge in [0.15, 0.2) is 9.84 Å². The van der Waals surface area contributed by atoms with E-state index >= 15 is 0 Å². The topological polar surface area (TPSA) is 46.2 Å². The lowest BCUT2D eigenvalue weighted by Gasteiger charge is -2.07. The molecule has 0 amide bonds. The third kappa shape index (κ3) is 4.41. The largest absolute Gasteiger partial charge is 0.311 e. The van der Waals surface area contributed by atoms with Crippen LogP contribution in [0.4, 0.5) is 0 Å². The highest BCUT2D eigenvalue weighted by Gasteiger charge is 2.14. The summed E-state index contributed by atoms with van der Waals surface area (Å²) in [5.41, 5.74) is 1.31. The Labute approximate surface area is 108 Å². The molecule has 17 heavy (non-hydrogen) atoms. The van der Waals surface area contributed by atoms with Crippen molar-refractivity contribution in [2.24, 2.45) is 0 Å². The SMILES string of the molecule is Cc1cc(CNCCS(=O)(=O)C(C)C)sc1C. The fraction of sp³-hybridized carbons (Fsp3) is 0.667. The average Bonchev–Trinajstić information content (AvgIpc) is 2.53. The monoisotopic (exact) mass is 275 g/mol. The van der Waals surface area contributed by atoms with E-state index < -0.39 is 9.84 Å². The zero-order valence-corrected chi connectivity index (χ0v) is 12.5. The number of hydrogen-bond acceptors (Lipinski definition) is 4. The summed E-state index contributed by atoms with van der Waals surface area (Å²) in [5, 5.41) is 2.90. The third-order valence-corrected chi connectivity index (χ3v) is 6.16. The van der Waals surface area contributed by atoms with E-state index in [1.807, 2.05) is 0 Å². The maximum Gasteiger partial charge on any atom is 0.153 e. The molecule has 0 aliphatic carbocycles. The Morgan fingerprint density at radius 3 is 2.47 bits per heavy atom. The van der Waals surface area contributed by atoms with E-state index in [0.717, 1.165) is 6.54 Å². The van der Waals surface area contributed by atoms with Crippen molar-refractivity contribution in [2.45, 2.75) is 39.5 Å². The van der Waals surface area contributed by atoms with Gasteiger partial charge in [-0.25, -0.2) is 8.42 Å². The van der Waals surface area contributed by atoms with Crippen molar-refractivity contribution in [3.05, 3.63) is 21.4 Å². The number of aryl methyl sites for hydroxylation is 2. The zero-order valence-electron chi connectivity index (χ0n) is 10.9. The van der Waals surface area contributed by atoms with Crippen molar-refractivity contribution in [1.82, 2.24) is 5.32 Å². The van der Waals surface area contributed by atoms with Crippen molar-refractivity contribution in [3.8, 4) is 0 Å². The van der Waals surface area contributed by atoms with Crippen LogP contribution >= 0.6 is 11.3 Å². The van der Waals surface area contributed by atoms with Gasteiger partial charge in [-0.15, -0.1) is 11.3 Å². The highest BCUT2D eigenvalue weighted by Crippen LogP contribution is 2.20. The van der Waals surface area contributed by atoms with E-state index in [2.05, 4.69) is 25.2 Å². The number of nitrogens with one attached hydrogen (secondary N) is 1. The molecule has 1 aromatic heterocycles. The normalized spacial score (nSPS) is 12.3. The second-order valence-corrected chi connectivity index (χ2v) is 8.56. The quantitative estimate of drug-likeness (QED) is 0.810. The molecule has 98 valence electrons. The average molecular weight is 275 g/mol. The molecule has 0 fully saturated rings. The van der Waals surface area contributed by atoms with Crippen molar-refractivity contribution < 1.29 is 8.42 Å². The minimum absolute atomic E-state index is 0.216. The van der Waals surface area contributed by atoms with Crippen LogP contribution in [0.3, 0.4) is 0 Å². The van der Waals surface area contributed by atoms with Gasteiger partial charge < -0.3 is 5.32 Å². The fourth-order valence-corrected chi connectivity index (χ4v) is 3.32. The van der Waals surface area contributed by atoms with E-state index in [1.165, 1.54) is 15.3 Å². The van der Waals surface area contributed by atoms with Gasteiger partial charge in [-0.3, -0.25) is 0 Å². The second kappa shape index (κ2) is 5.98. The van der Waals surface area contributed by atoms with E-state index in [9.17, 15) is 8.42 Å². The van der Waals surface area contributed by atoms with Crippen molar-refractivity contribution >= 4 is 21.2 Å². The Balaban J connectivity index is 2.34. The van der Waals surface area contributed by atoms with Crippen LogP contribution in [0.15, 0.2) is 6.07 Å². The van der Waals surface area contributed by atoms with Crippen LogP contribution in [0.5, 0.6) is 0 Å². The van der Waals surface area contributed by atoms with Crippen LogP contribution in [0.2, 0.25) is 0 Å². The van der Waals surface area contributed by atoms with Crippen molar-refractivity contribution in [3.63, 3.8) is 0 Å². The van der Waals surface area contributed by atoms with Gasteiger partial charge in [0, 0.05) is 22.8 Å². The van der Waals surface area contributed by atoms with E-state index in [4.69, 9.17) is 0 Å². The highest BCUT2D eigenvalue weighted by molar-refractivity contribution is 7.92. The molecule has 0 atom stereocenters. The number of hydrogen-bond donors (Lipinski definition) is 1. The molecule has 1 aromatic rings. The summed E-state index contributed by atoms with van der Waals surface area (Å²) in [5.74, 6) is 0.216. The smallest absolute Gasteiger partial charge is 0.153 e. The molecule has 0 unspecified atom stereocenters. The van der Waals surface area contributed by atoms with Crippen LogP contribution in [-0.4, -0.2) is 26.0 Å². The molecule has 0 aliphatic rings. The molecule has 0 aliphatic heterocycles. The molecule has 0 saturated heterocycles. The van der Waals surface area contributed by atoms with Gasteiger partial charge in [0.05, 0.1) is 11.0 Å². The second-order valence-electron chi connectivity index (χ2n) is 4.54. The summed E-state index contributed by atoms with van der Waals surface area (Å²) in [7, 11) is -2.91. The van der Waals surface area contributed by atoms with E-state index in [1.54, 1.807) is 25.2 Å².